The lowest BCUT2D eigenvalue weighted by atomic mass is 10.0. The highest BCUT2D eigenvalue weighted by Gasteiger charge is 2.22. The van der Waals surface area contributed by atoms with Gasteiger partial charge in [0.2, 0.25) is 0 Å². The van der Waals surface area contributed by atoms with E-state index in [4.69, 9.17) is 9.47 Å². The van der Waals surface area contributed by atoms with Crippen molar-refractivity contribution >= 4 is 0 Å². The number of epoxide rings is 1. The zero-order valence-electron chi connectivity index (χ0n) is 10.4. The van der Waals surface area contributed by atoms with Crippen molar-refractivity contribution in [1.82, 2.24) is 0 Å². The average molecular weight is 220 g/mol. The average Bonchev–Trinajstić information content (AvgIpc) is 3.03. The van der Waals surface area contributed by atoms with Crippen molar-refractivity contribution in [3.05, 3.63) is 28.8 Å². The maximum Gasteiger partial charge on any atom is 0.125 e. The molecule has 1 saturated heterocycles. The maximum absolute atomic E-state index is 5.73. The number of aryl methyl sites for hydroxylation is 3. The van der Waals surface area contributed by atoms with Crippen molar-refractivity contribution < 1.29 is 9.47 Å². The van der Waals surface area contributed by atoms with Crippen LogP contribution in [0.2, 0.25) is 0 Å². The van der Waals surface area contributed by atoms with Gasteiger partial charge in [0.25, 0.3) is 0 Å². The smallest absolute Gasteiger partial charge is 0.125 e. The third-order valence-electron chi connectivity index (χ3n) is 2.92. The van der Waals surface area contributed by atoms with Gasteiger partial charge in [0.1, 0.15) is 5.75 Å². The molecule has 0 bridgehead atoms. The van der Waals surface area contributed by atoms with Crippen LogP contribution in [0, 0.1) is 13.8 Å². The van der Waals surface area contributed by atoms with E-state index in [-0.39, 0.29) is 0 Å². The quantitative estimate of drug-likeness (QED) is 0.711. The van der Waals surface area contributed by atoms with Gasteiger partial charge in [-0.1, -0.05) is 17.7 Å². The molecule has 1 fully saturated rings. The standard InChI is InChI=1S/C14H20O2/c1-4-15-14-11(3)7-10(2)8-12(14)5-6-13-9-16-13/h7-8,13H,4-6,9H2,1-3H3. The Balaban J connectivity index is 2.16. The summed E-state index contributed by atoms with van der Waals surface area (Å²) in [7, 11) is 0. The van der Waals surface area contributed by atoms with Crippen molar-refractivity contribution in [3.63, 3.8) is 0 Å². The minimum Gasteiger partial charge on any atom is -0.493 e. The predicted octanol–water partition coefficient (Wildman–Crippen LogP) is 3.03. The monoisotopic (exact) mass is 220 g/mol. The Kier molecular flexibility index (Phi) is 3.49. The molecule has 1 unspecified atom stereocenters. The molecule has 88 valence electrons. The molecule has 0 saturated carbocycles. The van der Waals surface area contributed by atoms with Gasteiger partial charge in [0.15, 0.2) is 0 Å². The van der Waals surface area contributed by atoms with Crippen LogP contribution in [-0.4, -0.2) is 19.3 Å². The van der Waals surface area contributed by atoms with Crippen LogP contribution in [0.25, 0.3) is 0 Å². The highest BCUT2D eigenvalue weighted by molar-refractivity contribution is 5.44. The summed E-state index contributed by atoms with van der Waals surface area (Å²) in [6.07, 6.45) is 2.67. The lowest BCUT2D eigenvalue weighted by Gasteiger charge is -2.14. The fourth-order valence-electron chi connectivity index (χ4n) is 2.13. The minimum atomic E-state index is 0.496. The van der Waals surface area contributed by atoms with Gasteiger partial charge in [0.05, 0.1) is 19.3 Å². The van der Waals surface area contributed by atoms with Gasteiger partial charge in [-0.3, -0.25) is 0 Å². The van der Waals surface area contributed by atoms with Crippen LogP contribution < -0.4 is 4.74 Å². The van der Waals surface area contributed by atoms with Crippen LogP contribution >= 0.6 is 0 Å². The van der Waals surface area contributed by atoms with Crippen molar-refractivity contribution in [3.8, 4) is 5.75 Å². The number of hydrogen-bond acceptors (Lipinski definition) is 2. The molecule has 1 aromatic carbocycles. The molecule has 1 aliphatic rings. The second-order valence-electron chi connectivity index (χ2n) is 4.50. The predicted molar refractivity (Wildman–Crippen MR) is 65.1 cm³/mol. The van der Waals surface area contributed by atoms with Crippen LogP contribution in [0.5, 0.6) is 5.75 Å². The third kappa shape index (κ3) is 2.76. The molecule has 2 rings (SSSR count). The first-order valence-electron chi connectivity index (χ1n) is 6.05. The summed E-state index contributed by atoms with van der Waals surface area (Å²) in [6, 6.07) is 4.42. The summed E-state index contributed by atoms with van der Waals surface area (Å²) < 4.78 is 11.0. The van der Waals surface area contributed by atoms with E-state index in [0.717, 1.165) is 31.8 Å². The molecule has 0 aromatic heterocycles. The first-order chi connectivity index (χ1) is 7.70. The lowest BCUT2D eigenvalue weighted by molar-refractivity contribution is 0.332. The Hall–Kier alpha value is -1.02. The number of hydrogen-bond donors (Lipinski definition) is 0. The summed E-state index contributed by atoms with van der Waals surface area (Å²) in [6.45, 7) is 7.97. The Morgan fingerprint density at radius 2 is 2.12 bits per heavy atom. The molecule has 2 heteroatoms. The fraction of sp³-hybridized carbons (Fsp3) is 0.571. The SMILES string of the molecule is CCOc1c(C)cc(C)cc1CCC1CO1. The van der Waals surface area contributed by atoms with Gasteiger partial charge >= 0.3 is 0 Å². The molecule has 1 atom stereocenters. The molecule has 2 nitrogen and oxygen atoms in total. The van der Waals surface area contributed by atoms with Crippen LogP contribution in [0.3, 0.4) is 0 Å². The summed E-state index contributed by atoms with van der Waals surface area (Å²) in [5, 5.41) is 0. The van der Waals surface area contributed by atoms with Crippen molar-refractivity contribution in [2.75, 3.05) is 13.2 Å². The van der Waals surface area contributed by atoms with Gasteiger partial charge in [-0.05, 0) is 44.7 Å². The topological polar surface area (TPSA) is 21.8 Å². The first-order valence-corrected chi connectivity index (χ1v) is 6.05. The maximum atomic E-state index is 5.73. The highest BCUT2D eigenvalue weighted by Crippen LogP contribution is 2.28. The molecule has 0 radical (unpaired) electrons. The lowest BCUT2D eigenvalue weighted by Crippen LogP contribution is -2.01. The minimum absolute atomic E-state index is 0.496. The molecule has 0 aliphatic carbocycles. The largest absolute Gasteiger partial charge is 0.493 e. The Morgan fingerprint density at radius 1 is 1.38 bits per heavy atom. The second kappa shape index (κ2) is 4.88. The van der Waals surface area contributed by atoms with Crippen LogP contribution in [0.15, 0.2) is 12.1 Å². The van der Waals surface area contributed by atoms with E-state index in [0.29, 0.717) is 6.10 Å². The highest BCUT2D eigenvalue weighted by atomic mass is 16.6. The van der Waals surface area contributed by atoms with Crippen LogP contribution in [-0.2, 0) is 11.2 Å². The van der Waals surface area contributed by atoms with E-state index in [2.05, 4.69) is 26.0 Å². The zero-order chi connectivity index (χ0) is 11.5. The second-order valence-corrected chi connectivity index (χ2v) is 4.50. The number of ether oxygens (including phenoxy) is 2. The van der Waals surface area contributed by atoms with E-state index in [1.54, 1.807) is 0 Å². The van der Waals surface area contributed by atoms with E-state index >= 15 is 0 Å². The fourth-order valence-corrected chi connectivity index (χ4v) is 2.13. The van der Waals surface area contributed by atoms with Crippen molar-refractivity contribution in [2.45, 2.75) is 39.7 Å². The van der Waals surface area contributed by atoms with E-state index < -0.39 is 0 Å². The number of benzene rings is 1. The van der Waals surface area contributed by atoms with Gasteiger partial charge < -0.3 is 9.47 Å². The van der Waals surface area contributed by atoms with E-state index in [1.807, 2.05) is 6.92 Å². The molecular weight excluding hydrogens is 200 g/mol. The summed E-state index contributed by atoms with van der Waals surface area (Å²) in [5.41, 5.74) is 3.89. The Labute approximate surface area is 97.6 Å². The molecular formula is C14H20O2. The molecule has 1 aliphatic heterocycles. The van der Waals surface area contributed by atoms with Crippen molar-refractivity contribution in [1.29, 1.82) is 0 Å². The normalized spacial score (nSPS) is 18.6. The van der Waals surface area contributed by atoms with Gasteiger partial charge in [0, 0.05) is 0 Å². The van der Waals surface area contributed by atoms with Crippen LogP contribution in [0.4, 0.5) is 0 Å². The molecule has 1 aromatic rings. The van der Waals surface area contributed by atoms with E-state index in [9.17, 15) is 0 Å². The van der Waals surface area contributed by atoms with Gasteiger partial charge in [-0.15, -0.1) is 0 Å². The van der Waals surface area contributed by atoms with Gasteiger partial charge in [-0.25, -0.2) is 0 Å². The molecule has 0 N–H and O–H groups in total. The summed E-state index contributed by atoms with van der Waals surface area (Å²) in [4.78, 5) is 0. The Morgan fingerprint density at radius 3 is 2.75 bits per heavy atom. The number of rotatable bonds is 5. The summed E-state index contributed by atoms with van der Waals surface area (Å²) >= 11 is 0. The molecule has 0 amide bonds. The molecule has 0 spiro atoms. The summed E-state index contributed by atoms with van der Waals surface area (Å²) in [5.74, 6) is 1.08. The van der Waals surface area contributed by atoms with E-state index in [1.165, 1.54) is 16.7 Å². The van der Waals surface area contributed by atoms with Crippen LogP contribution in [0.1, 0.15) is 30.0 Å². The molecule has 1 heterocycles. The zero-order valence-corrected chi connectivity index (χ0v) is 10.4. The third-order valence-corrected chi connectivity index (χ3v) is 2.92. The van der Waals surface area contributed by atoms with Gasteiger partial charge in [-0.2, -0.15) is 0 Å². The first kappa shape index (κ1) is 11.5. The van der Waals surface area contributed by atoms with Crippen molar-refractivity contribution in [2.24, 2.45) is 0 Å². The molecule has 16 heavy (non-hydrogen) atoms. The Bertz CT molecular complexity index is 367.